The number of carbonyl (C=O) groups excluding carboxylic acids is 1. The van der Waals surface area contributed by atoms with Gasteiger partial charge in [-0.15, -0.1) is 0 Å². The van der Waals surface area contributed by atoms with Crippen molar-refractivity contribution in [3.05, 3.63) is 45.7 Å². The fraction of sp³-hybridized carbons (Fsp3) is 0.417. The number of aromatic nitrogens is 2. The number of aryl methyl sites for hydroxylation is 1. The third kappa shape index (κ3) is 5.34. The first-order valence-corrected chi connectivity index (χ1v) is 12.2. The number of rotatable bonds is 6. The molecule has 6 nitrogen and oxygen atoms in total. The van der Waals surface area contributed by atoms with Crippen molar-refractivity contribution in [3.63, 3.8) is 0 Å². The van der Waals surface area contributed by atoms with Crippen LogP contribution in [-0.2, 0) is 7.05 Å². The van der Waals surface area contributed by atoms with Gasteiger partial charge in [-0.2, -0.15) is 13.2 Å². The molecule has 0 spiro atoms. The van der Waals surface area contributed by atoms with E-state index >= 15 is 0 Å². The van der Waals surface area contributed by atoms with E-state index in [9.17, 15) is 22.4 Å². The number of amides is 1. The molecule has 0 atom stereocenters. The van der Waals surface area contributed by atoms with Crippen LogP contribution in [0.3, 0.4) is 0 Å². The average molecular weight is 547 g/mol. The first kappa shape index (κ1) is 26.3. The normalized spacial score (nSPS) is 18.3. The largest absolute Gasteiger partial charge is 0.493 e. The van der Waals surface area contributed by atoms with Gasteiger partial charge in [0.2, 0.25) is 5.95 Å². The average Bonchev–Trinajstić information content (AvgIpc) is 3.13. The Morgan fingerprint density at radius 3 is 2.47 bits per heavy atom. The van der Waals surface area contributed by atoms with Crippen LogP contribution < -0.4 is 15.4 Å². The fourth-order valence-electron chi connectivity index (χ4n) is 4.36. The van der Waals surface area contributed by atoms with Gasteiger partial charge < -0.3 is 19.9 Å². The Bertz CT molecular complexity index is 1290. The Labute approximate surface area is 214 Å². The second-order valence-corrected chi connectivity index (χ2v) is 9.49. The number of nitrogens with one attached hydrogen (secondary N) is 2. The predicted molar refractivity (Wildman–Crippen MR) is 131 cm³/mol. The smallest absolute Gasteiger partial charge is 0.391 e. The van der Waals surface area contributed by atoms with Gasteiger partial charge in [-0.25, -0.2) is 9.37 Å². The molecule has 0 unspecified atom stereocenters. The SMILES string of the molecule is CCOc1cc2c(cc1C(=O)N[C@H]1CC[C@H](C(F)(F)F)CC1)nc(Nc1c(Cl)ccc(Cl)c1F)n2C. The highest BCUT2D eigenvalue weighted by molar-refractivity contribution is 6.35. The highest BCUT2D eigenvalue weighted by Crippen LogP contribution is 2.38. The number of carbonyl (C=O) groups is 1. The van der Waals surface area contributed by atoms with E-state index in [4.69, 9.17) is 27.9 Å². The van der Waals surface area contributed by atoms with Crippen molar-refractivity contribution in [2.45, 2.75) is 44.8 Å². The monoisotopic (exact) mass is 546 g/mol. The van der Waals surface area contributed by atoms with E-state index in [0.29, 0.717) is 16.8 Å². The molecule has 0 aliphatic heterocycles. The number of anilines is 2. The van der Waals surface area contributed by atoms with E-state index in [0.717, 1.165) is 0 Å². The first-order chi connectivity index (χ1) is 17.0. The number of nitrogens with zero attached hydrogens (tertiary/aromatic N) is 2. The lowest BCUT2D eigenvalue weighted by atomic mass is 9.85. The predicted octanol–water partition coefficient (Wildman–Crippen LogP) is 7.01. The van der Waals surface area contributed by atoms with Crippen molar-refractivity contribution in [1.29, 1.82) is 0 Å². The van der Waals surface area contributed by atoms with E-state index in [1.165, 1.54) is 18.2 Å². The molecule has 3 aromatic rings. The van der Waals surface area contributed by atoms with Crippen LogP contribution in [0.5, 0.6) is 5.75 Å². The number of fused-ring (bicyclic) bond motifs is 1. The van der Waals surface area contributed by atoms with Gasteiger partial charge in [0.1, 0.15) is 5.75 Å². The molecule has 0 saturated heterocycles. The molecule has 1 aromatic heterocycles. The molecule has 2 N–H and O–H groups in total. The van der Waals surface area contributed by atoms with Crippen LogP contribution in [0, 0.1) is 11.7 Å². The van der Waals surface area contributed by atoms with Crippen LogP contribution in [-0.4, -0.2) is 34.3 Å². The van der Waals surface area contributed by atoms with Crippen molar-refractivity contribution < 1.29 is 27.1 Å². The number of hydrogen-bond acceptors (Lipinski definition) is 4. The molecule has 1 saturated carbocycles. The number of benzene rings is 2. The lowest BCUT2D eigenvalue weighted by Crippen LogP contribution is -2.40. The summed E-state index contributed by atoms with van der Waals surface area (Å²) >= 11 is 12.0. The lowest BCUT2D eigenvalue weighted by molar-refractivity contribution is -0.182. The van der Waals surface area contributed by atoms with Gasteiger partial charge in [-0.05, 0) is 50.8 Å². The molecule has 12 heteroatoms. The number of alkyl halides is 3. The summed E-state index contributed by atoms with van der Waals surface area (Å²) < 4.78 is 60.8. The van der Waals surface area contributed by atoms with Crippen molar-refractivity contribution >= 4 is 51.8 Å². The molecule has 0 radical (unpaired) electrons. The highest BCUT2D eigenvalue weighted by Gasteiger charge is 2.41. The van der Waals surface area contributed by atoms with E-state index < -0.39 is 23.8 Å². The number of imidazole rings is 1. The quantitative estimate of drug-likeness (QED) is 0.257. The van der Waals surface area contributed by atoms with Gasteiger partial charge in [-0.1, -0.05) is 23.2 Å². The van der Waals surface area contributed by atoms with E-state index in [1.807, 2.05) is 0 Å². The van der Waals surface area contributed by atoms with Gasteiger partial charge in [0.25, 0.3) is 5.91 Å². The minimum Gasteiger partial charge on any atom is -0.493 e. The summed E-state index contributed by atoms with van der Waals surface area (Å²) in [6.45, 7) is 2.05. The van der Waals surface area contributed by atoms with Crippen molar-refractivity contribution in [2.75, 3.05) is 11.9 Å². The maximum Gasteiger partial charge on any atom is 0.391 e. The molecule has 0 bridgehead atoms. The maximum absolute atomic E-state index is 14.5. The van der Waals surface area contributed by atoms with Crippen LogP contribution in [0.4, 0.5) is 29.2 Å². The van der Waals surface area contributed by atoms with Gasteiger partial charge in [0.15, 0.2) is 5.82 Å². The zero-order valence-electron chi connectivity index (χ0n) is 19.5. The minimum absolute atomic E-state index is 0.0241. The molecule has 1 amide bonds. The van der Waals surface area contributed by atoms with Crippen molar-refractivity contribution in [2.24, 2.45) is 13.0 Å². The lowest BCUT2D eigenvalue weighted by Gasteiger charge is -2.30. The summed E-state index contributed by atoms with van der Waals surface area (Å²) in [4.78, 5) is 17.6. The Morgan fingerprint density at radius 2 is 1.83 bits per heavy atom. The van der Waals surface area contributed by atoms with Crippen LogP contribution in [0.1, 0.15) is 43.0 Å². The Kier molecular flexibility index (Phi) is 7.56. The topological polar surface area (TPSA) is 68.2 Å². The van der Waals surface area contributed by atoms with Gasteiger partial charge >= 0.3 is 6.18 Å². The Hall–Kier alpha value is -2.72. The number of ether oxygens (including phenoxy) is 1. The van der Waals surface area contributed by atoms with Gasteiger partial charge in [-0.3, -0.25) is 4.79 Å². The summed E-state index contributed by atoms with van der Waals surface area (Å²) in [7, 11) is 1.70. The van der Waals surface area contributed by atoms with E-state index in [2.05, 4.69) is 15.6 Å². The molecule has 1 aliphatic carbocycles. The zero-order valence-corrected chi connectivity index (χ0v) is 21.0. The third-order valence-electron chi connectivity index (χ3n) is 6.33. The summed E-state index contributed by atoms with van der Waals surface area (Å²) in [6, 6.07) is 5.61. The maximum atomic E-state index is 14.5. The van der Waals surface area contributed by atoms with Crippen LogP contribution >= 0.6 is 23.2 Å². The Morgan fingerprint density at radius 1 is 1.17 bits per heavy atom. The minimum atomic E-state index is -4.22. The van der Waals surface area contributed by atoms with Crippen LogP contribution in [0.15, 0.2) is 24.3 Å². The van der Waals surface area contributed by atoms with Crippen molar-refractivity contribution in [3.8, 4) is 5.75 Å². The fourth-order valence-corrected chi connectivity index (χ4v) is 4.72. The second kappa shape index (κ2) is 10.3. The van der Waals surface area contributed by atoms with Crippen LogP contribution in [0.25, 0.3) is 11.0 Å². The molecule has 4 rings (SSSR count). The number of halogens is 6. The Balaban J connectivity index is 1.61. The summed E-state index contributed by atoms with van der Waals surface area (Å²) in [6.07, 6.45) is -3.78. The summed E-state index contributed by atoms with van der Waals surface area (Å²) in [5, 5.41) is 5.68. The molecule has 1 heterocycles. The summed E-state index contributed by atoms with van der Waals surface area (Å²) in [5.74, 6) is -1.98. The van der Waals surface area contributed by atoms with Crippen molar-refractivity contribution in [1.82, 2.24) is 14.9 Å². The third-order valence-corrected chi connectivity index (χ3v) is 6.94. The summed E-state index contributed by atoms with van der Waals surface area (Å²) in [5.41, 5.74) is 1.19. The molecule has 194 valence electrons. The molecular formula is C24H24Cl2F4N4O2. The van der Waals surface area contributed by atoms with Gasteiger partial charge in [0.05, 0.1) is 44.9 Å². The number of hydrogen-bond donors (Lipinski definition) is 2. The first-order valence-electron chi connectivity index (χ1n) is 11.4. The van der Waals surface area contributed by atoms with E-state index in [1.54, 1.807) is 24.6 Å². The standard InChI is InChI=1S/C24H24Cl2F4N4O2/c1-3-36-19-11-18-17(32-23(34(18)2)33-21-16(26)9-8-15(25)20(21)27)10-14(19)22(35)31-13-6-4-12(5-7-13)24(28,29)30/h8-13H,3-7H2,1-2H3,(H,31,35)(H,32,33)/t12-,13-. The van der Waals surface area contributed by atoms with Gasteiger partial charge in [0, 0.05) is 19.2 Å². The highest BCUT2D eigenvalue weighted by atomic mass is 35.5. The molecule has 36 heavy (non-hydrogen) atoms. The second-order valence-electron chi connectivity index (χ2n) is 8.67. The molecular weight excluding hydrogens is 523 g/mol. The molecule has 2 aromatic carbocycles. The van der Waals surface area contributed by atoms with E-state index in [-0.39, 0.29) is 65.6 Å². The van der Waals surface area contributed by atoms with Crippen LogP contribution in [0.2, 0.25) is 10.0 Å². The molecule has 1 aliphatic rings. The molecule has 1 fully saturated rings. The zero-order chi connectivity index (χ0) is 26.2.